The van der Waals surface area contributed by atoms with E-state index in [0.29, 0.717) is 11.3 Å². The van der Waals surface area contributed by atoms with Crippen LogP contribution < -0.4 is 10.2 Å². The fourth-order valence-corrected chi connectivity index (χ4v) is 2.45. The molecule has 106 valence electrons. The Bertz CT molecular complexity index is 531. The summed E-state index contributed by atoms with van der Waals surface area (Å²) in [5.74, 6) is -0.270. The summed E-state index contributed by atoms with van der Waals surface area (Å²) in [7, 11) is 0. The van der Waals surface area contributed by atoms with Crippen LogP contribution in [0.5, 0.6) is 0 Å². The number of hydrogen-bond donors (Lipinski definition) is 1. The lowest BCUT2D eigenvalue weighted by Gasteiger charge is -2.30. The molecule has 0 atom stereocenters. The Morgan fingerprint density at radius 1 is 1.25 bits per heavy atom. The number of carbonyl (C=O) groups excluding carboxylic acids is 2. The number of ketones is 1. The fraction of sp³-hybridized carbons (Fsp3) is 0.375. The van der Waals surface area contributed by atoms with Crippen LogP contribution in [0.15, 0.2) is 30.9 Å². The third-order valence-corrected chi connectivity index (χ3v) is 3.54. The number of Topliss-reactive ketones (excluding diaryl/α,β-unsaturated/α-hetero) is 1. The molecule has 2 rings (SSSR count). The minimum Gasteiger partial charge on any atom is -0.370 e. The van der Waals surface area contributed by atoms with E-state index >= 15 is 0 Å². The number of nitrogens with one attached hydrogen (secondary N) is 1. The lowest BCUT2D eigenvalue weighted by molar-refractivity contribution is -0.111. The molecule has 1 amide bonds. The van der Waals surface area contributed by atoms with Gasteiger partial charge in [-0.1, -0.05) is 6.58 Å². The van der Waals surface area contributed by atoms with Crippen molar-refractivity contribution < 1.29 is 9.59 Å². The molecule has 1 aliphatic rings. The first kappa shape index (κ1) is 14.3. The molecule has 0 saturated carbocycles. The van der Waals surface area contributed by atoms with Crippen molar-refractivity contribution in [2.45, 2.75) is 26.2 Å². The maximum Gasteiger partial charge on any atom is 0.247 e. The van der Waals surface area contributed by atoms with Gasteiger partial charge < -0.3 is 10.2 Å². The molecule has 0 aliphatic carbocycles. The van der Waals surface area contributed by atoms with E-state index in [1.54, 1.807) is 6.07 Å². The van der Waals surface area contributed by atoms with Gasteiger partial charge >= 0.3 is 0 Å². The minimum absolute atomic E-state index is 0.00991. The molecule has 1 aromatic carbocycles. The van der Waals surface area contributed by atoms with E-state index < -0.39 is 0 Å². The van der Waals surface area contributed by atoms with E-state index in [1.165, 1.54) is 19.4 Å². The van der Waals surface area contributed by atoms with Crippen LogP contribution in [0.3, 0.4) is 0 Å². The van der Waals surface area contributed by atoms with Crippen molar-refractivity contribution in [2.24, 2.45) is 0 Å². The predicted octanol–water partition coefficient (Wildman–Crippen LogP) is 3.00. The van der Waals surface area contributed by atoms with Crippen molar-refractivity contribution in [3.63, 3.8) is 0 Å². The third-order valence-electron chi connectivity index (χ3n) is 3.54. The van der Waals surface area contributed by atoms with Crippen LogP contribution in [0.1, 0.15) is 36.5 Å². The monoisotopic (exact) mass is 272 g/mol. The van der Waals surface area contributed by atoms with Gasteiger partial charge in [-0.15, -0.1) is 0 Å². The van der Waals surface area contributed by atoms with E-state index in [-0.39, 0.29) is 11.7 Å². The van der Waals surface area contributed by atoms with Crippen LogP contribution in [0.2, 0.25) is 0 Å². The summed E-state index contributed by atoms with van der Waals surface area (Å²) in [6.45, 7) is 6.95. The molecule has 4 heteroatoms. The van der Waals surface area contributed by atoms with Crippen molar-refractivity contribution in [2.75, 3.05) is 23.3 Å². The number of nitrogens with zero attached hydrogens (tertiary/aromatic N) is 1. The van der Waals surface area contributed by atoms with Crippen molar-refractivity contribution >= 4 is 23.1 Å². The predicted molar refractivity (Wildman–Crippen MR) is 81.3 cm³/mol. The second kappa shape index (κ2) is 6.37. The number of carbonyl (C=O) groups is 2. The Balaban J connectivity index is 2.35. The third kappa shape index (κ3) is 3.26. The summed E-state index contributed by atoms with van der Waals surface area (Å²) in [5, 5.41) is 2.80. The Hall–Kier alpha value is -2.10. The van der Waals surface area contributed by atoms with Gasteiger partial charge in [-0.2, -0.15) is 0 Å². The fourth-order valence-electron chi connectivity index (χ4n) is 2.45. The standard InChI is InChI=1S/C16H20N2O2/c1-3-16(20)17-14-11-13(12(2)19)7-8-15(14)18-9-5-4-6-10-18/h3,7-8,11H,1,4-6,9-10H2,2H3,(H,17,20). The normalized spacial score (nSPS) is 14.8. The summed E-state index contributed by atoms with van der Waals surface area (Å²) < 4.78 is 0. The largest absolute Gasteiger partial charge is 0.370 e. The molecule has 0 radical (unpaired) electrons. The summed E-state index contributed by atoms with van der Waals surface area (Å²) in [6, 6.07) is 5.48. The van der Waals surface area contributed by atoms with Crippen molar-refractivity contribution in [3.05, 3.63) is 36.4 Å². The second-order valence-electron chi connectivity index (χ2n) is 5.03. The lowest BCUT2D eigenvalue weighted by Crippen LogP contribution is -2.30. The second-order valence-corrected chi connectivity index (χ2v) is 5.03. The molecule has 1 heterocycles. The highest BCUT2D eigenvalue weighted by molar-refractivity contribution is 6.03. The SMILES string of the molecule is C=CC(=O)Nc1cc(C(C)=O)ccc1N1CCCCC1. The summed E-state index contributed by atoms with van der Waals surface area (Å²) in [6.07, 6.45) is 4.80. The van der Waals surface area contributed by atoms with Gasteiger partial charge in [-0.3, -0.25) is 9.59 Å². The van der Waals surface area contributed by atoms with Gasteiger partial charge in [0.1, 0.15) is 0 Å². The molecular weight excluding hydrogens is 252 g/mol. The first-order valence-electron chi connectivity index (χ1n) is 6.95. The molecule has 1 saturated heterocycles. The summed E-state index contributed by atoms with van der Waals surface area (Å²) >= 11 is 0. The van der Waals surface area contributed by atoms with E-state index in [0.717, 1.165) is 31.6 Å². The van der Waals surface area contributed by atoms with Gasteiger partial charge in [0.2, 0.25) is 5.91 Å². The number of benzene rings is 1. The van der Waals surface area contributed by atoms with Gasteiger partial charge in [-0.05, 0) is 50.5 Å². The Labute approximate surface area is 119 Å². The zero-order chi connectivity index (χ0) is 14.5. The van der Waals surface area contributed by atoms with Gasteiger partial charge in [0.25, 0.3) is 0 Å². The van der Waals surface area contributed by atoms with Crippen LogP contribution >= 0.6 is 0 Å². The Kier molecular flexibility index (Phi) is 4.56. The highest BCUT2D eigenvalue weighted by Crippen LogP contribution is 2.29. The number of piperidine rings is 1. The molecule has 20 heavy (non-hydrogen) atoms. The number of rotatable bonds is 4. The first-order valence-corrected chi connectivity index (χ1v) is 6.95. The Morgan fingerprint density at radius 2 is 1.95 bits per heavy atom. The molecular formula is C16H20N2O2. The summed E-state index contributed by atoms with van der Waals surface area (Å²) in [5.41, 5.74) is 2.26. The average molecular weight is 272 g/mol. The quantitative estimate of drug-likeness (QED) is 0.677. The van der Waals surface area contributed by atoms with E-state index in [4.69, 9.17) is 0 Å². The van der Waals surface area contributed by atoms with Gasteiger partial charge in [-0.25, -0.2) is 0 Å². The lowest BCUT2D eigenvalue weighted by atomic mass is 10.1. The first-order chi connectivity index (χ1) is 9.61. The minimum atomic E-state index is -0.260. The maximum absolute atomic E-state index is 11.6. The molecule has 0 aromatic heterocycles. The average Bonchev–Trinajstić information content (AvgIpc) is 2.47. The zero-order valence-electron chi connectivity index (χ0n) is 11.8. The van der Waals surface area contributed by atoms with Crippen LogP contribution in [-0.2, 0) is 4.79 Å². The molecule has 1 aromatic rings. The highest BCUT2D eigenvalue weighted by atomic mass is 16.1. The topological polar surface area (TPSA) is 49.4 Å². The number of anilines is 2. The number of hydrogen-bond acceptors (Lipinski definition) is 3. The Morgan fingerprint density at radius 3 is 2.55 bits per heavy atom. The van der Waals surface area contributed by atoms with Crippen molar-refractivity contribution in [3.8, 4) is 0 Å². The smallest absolute Gasteiger partial charge is 0.247 e. The van der Waals surface area contributed by atoms with Crippen molar-refractivity contribution in [1.29, 1.82) is 0 Å². The molecule has 0 bridgehead atoms. The van der Waals surface area contributed by atoms with E-state index in [1.807, 2.05) is 12.1 Å². The van der Waals surface area contributed by atoms with Gasteiger partial charge in [0.15, 0.2) is 5.78 Å². The highest BCUT2D eigenvalue weighted by Gasteiger charge is 2.16. The zero-order valence-corrected chi connectivity index (χ0v) is 11.8. The van der Waals surface area contributed by atoms with E-state index in [9.17, 15) is 9.59 Å². The van der Waals surface area contributed by atoms with Crippen LogP contribution in [-0.4, -0.2) is 24.8 Å². The summed E-state index contributed by atoms with van der Waals surface area (Å²) in [4.78, 5) is 25.3. The van der Waals surface area contributed by atoms with Crippen LogP contribution in [0.25, 0.3) is 0 Å². The molecule has 1 N–H and O–H groups in total. The van der Waals surface area contributed by atoms with Gasteiger partial charge in [0.05, 0.1) is 11.4 Å². The molecule has 1 fully saturated rings. The van der Waals surface area contributed by atoms with Gasteiger partial charge in [0, 0.05) is 18.7 Å². The van der Waals surface area contributed by atoms with E-state index in [2.05, 4.69) is 16.8 Å². The van der Waals surface area contributed by atoms with Crippen molar-refractivity contribution in [1.82, 2.24) is 0 Å². The molecule has 0 spiro atoms. The maximum atomic E-state index is 11.6. The van der Waals surface area contributed by atoms with Crippen LogP contribution in [0, 0.1) is 0 Å². The molecule has 0 unspecified atom stereocenters. The number of amides is 1. The van der Waals surface area contributed by atoms with Crippen LogP contribution in [0.4, 0.5) is 11.4 Å². The molecule has 1 aliphatic heterocycles. The molecule has 4 nitrogen and oxygen atoms in total.